The minimum absolute atomic E-state index is 0.0323. The fraction of sp³-hybridized carbons (Fsp3) is 0.545. The highest BCUT2D eigenvalue weighted by Gasteiger charge is 2.13. The molecular formula is C11H19N3O3S. The Morgan fingerprint density at radius 2 is 2.11 bits per heavy atom. The summed E-state index contributed by atoms with van der Waals surface area (Å²) in [6.45, 7) is 2.18. The molecule has 0 spiro atoms. The molecule has 1 rings (SSSR count). The van der Waals surface area contributed by atoms with E-state index in [4.69, 9.17) is 4.74 Å². The van der Waals surface area contributed by atoms with Gasteiger partial charge in [-0.15, -0.1) is 0 Å². The maximum Gasteiger partial charge on any atom is 0.215 e. The monoisotopic (exact) mass is 273 g/mol. The van der Waals surface area contributed by atoms with Crippen LogP contribution in [0.3, 0.4) is 0 Å². The number of ether oxygens (including phenoxy) is 1. The number of sulfonamides is 1. The molecule has 1 aromatic rings. The van der Waals surface area contributed by atoms with Crippen molar-refractivity contribution < 1.29 is 13.2 Å². The third-order valence-corrected chi connectivity index (χ3v) is 4.29. The SMILES string of the molecule is COc1cnc(C)cc1NCCS(=O)(=O)N(C)C. The molecule has 0 aliphatic carbocycles. The van der Waals surface area contributed by atoms with Crippen LogP contribution in [0, 0.1) is 6.92 Å². The van der Waals surface area contributed by atoms with Gasteiger partial charge in [0.2, 0.25) is 10.0 Å². The first-order valence-electron chi connectivity index (χ1n) is 5.51. The van der Waals surface area contributed by atoms with Gasteiger partial charge in [-0.05, 0) is 13.0 Å². The summed E-state index contributed by atoms with van der Waals surface area (Å²) in [5.41, 5.74) is 1.59. The first-order valence-corrected chi connectivity index (χ1v) is 7.12. The number of aromatic nitrogens is 1. The molecule has 18 heavy (non-hydrogen) atoms. The average molecular weight is 273 g/mol. The highest BCUT2D eigenvalue weighted by atomic mass is 32.2. The second kappa shape index (κ2) is 6.01. The third kappa shape index (κ3) is 3.85. The van der Waals surface area contributed by atoms with Crippen LogP contribution in [0.5, 0.6) is 5.75 Å². The molecule has 6 nitrogen and oxygen atoms in total. The van der Waals surface area contributed by atoms with Gasteiger partial charge in [-0.1, -0.05) is 0 Å². The van der Waals surface area contributed by atoms with Gasteiger partial charge in [0.1, 0.15) is 0 Å². The fourth-order valence-electron chi connectivity index (χ4n) is 1.35. The van der Waals surface area contributed by atoms with Crippen molar-refractivity contribution in [2.75, 3.05) is 38.8 Å². The van der Waals surface area contributed by atoms with Crippen LogP contribution in [0.1, 0.15) is 5.69 Å². The van der Waals surface area contributed by atoms with Crippen LogP contribution in [0.25, 0.3) is 0 Å². The van der Waals surface area contributed by atoms with Crippen molar-refractivity contribution in [2.45, 2.75) is 6.92 Å². The summed E-state index contributed by atoms with van der Waals surface area (Å²) in [4.78, 5) is 4.10. The number of hydrogen-bond acceptors (Lipinski definition) is 5. The van der Waals surface area contributed by atoms with Gasteiger partial charge in [0.25, 0.3) is 0 Å². The van der Waals surface area contributed by atoms with Crippen LogP contribution in [0.4, 0.5) is 5.69 Å². The Balaban J connectivity index is 2.67. The summed E-state index contributed by atoms with van der Waals surface area (Å²) >= 11 is 0. The molecule has 0 bridgehead atoms. The van der Waals surface area contributed by atoms with Crippen molar-refractivity contribution >= 4 is 15.7 Å². The molecule has 1 heterocycles. The van der Waals surface area contributed by atoms with Crippen LogP contribution in [0.15, 0.2) is 12.3 Å². The van der Waals surface area contributed by atoms with Gasteiger partial charge in [0.15, 0.2) is 5.75 Å². The van der Waals surface area contributed by atoms with Crippen molar-refractivity contribution in [1.29, 1.82) is 0 Å². The molecule has 0 amide bonds. The minimum atomic E-state index is -3.18. The second-order valence-corrected chi connectivity index (χ2v) is 6.35. The lowest BCUT2D eigenvalue weighted by Crippen LogP contribution is -2.28. The van der Waals surface area contributed by atoms with Gasteiger partial charge in [-0.3, -0.25) is 4.98 Å². The maximum absolute atomic E-state index is 11.6. The van der Waals surface area contributed by atoms with Gasteiger partial charge in [0.05, 0.1) is 24.7 Å². The Kier molecular flexibility index (Phi) is 4.92. The molecular weight excluding hydrogens is 254 g/mol. The predicted molar refractivity (Wildman–Crippen MR) is 71.5 cm³/mol. The van der Waals surface area contributed by atoms with Gasteiger partial charge < -0.3 is 10.1 Å². The predicted octanol–water partition coefficient (Wildman–Crippen LogP) is 0.702. The summed E-state index contributed by atoms with van der Waals surface area (Å²) < 4.78 is 29.5. The van der Waals surface area contributed by atoms with Crippen LogP contribution in [-0.4, -0.2) is 51.2 Å². The molecule has 0 atom stereocenters. The largest absolute Gasteiger partial charge is 0.493 e. The zero-order valence-corrected chi connectivity index (χ0v) is 11.9. The Hall–Kier alpha value is -1.34. The zero-order valence-electron chi connectivity index (χ0n) is 11.1. The van der Waals surface area contributed by atoms with Crippen molar-refractivity contribution in [3.8, 4) is 5.75 Å². The quantitative estimate of drug-likeness (QED) is 0.826. The molecule has 0 saturated carbocycles. The van der Waals surface area contributed by atoms with Gasteiger partial charge in [-0.25, -0.2) is 12.7 Å². The van der Waals surface area contributed by atoms with Crippen LogP contribution in [0.2, 0.25) is 0 Å². The van der Waals surface area contributed by atoms with E-state index in [9.17, 15) is 8.42 Å². The Morgan fingerprint density at radius 1 is 1.44 bits per heavy atom. The highest BCUT2D eigenvalue weighted by molar-refractivity contribution is 7.89. The summed E-state index contributed by atoms with van der Waals surface area (Å²) in [5, 5.41) is 3.05. The van der Waals surface area contributed by atoms with E-state index >= 15 is 0 Å². The van der Waals surface area contributed by atoms with E-state index in [1.165, 1.54) is 18.4 Å². The molecule has 1 N–H and O–H groups in total. The van der Waals surface area contributed by atoms with Crippen LogP contribution < -0.4 is 10.1 Å². The maximum atomic E-state index is 11.6. The molecule has 0 aromatic carbocycles. The first-order chi connectivity index (χ1) is 8.36. The van der Waals surface area contributed by atoms with Crippen molar-refractivity contribution in [2.24, 2.45) is 0 Å². The number of nitrogens with zero attached hydrogens (tertiary/aromatic N) is 2. The van der Waals surface area contributed by atoms with Crippen molar-refractivity contribution in [3.05, 3.63) is 18.0 Å². The molecule has 1 aromatic heterocycles. The van der Waals surface area contributed by atoms with E-state index in [0.717, 1.165) is 11.4 Å². The van der Waals surface area contributed by atoms with E-state index in [1.54, 1.807) is 13.3 Å². The number of methoxy groups -OCH3 is 1. The lowest BCUT2D eigenvalue weighted by atomic mass is 10.3. The third-order valence-electron chi connectivity index (χ3n) is 2.46. The van der Waals surface area contributed by atoms with Crippen LogP contribution >= 0.6 is 0 Å². The van der Waals surface area contributed by atoms with E-state index in [-0.39, 0.29) is 5.75 Å². The van der Waals surface area contributed by atoms with Crippen molar-refractivity contribution in [1.82, 2.24) is 9.29 Å². The molecule has 0 unspecified atom stereocenters. The number of rotatable bonds is 6. The molecule has 0 radical (unpaired) electrons. The van der Waals surface area contributed by atoms with Gasteiger partial charge in [-0.2, -0.15) is 0 Å². The summed E-state index contributed by atoms with van der Waals surface area (Å²) in [5.74, 6) is 0.632. The van der Waals surface area contributed by atoms with Crippen molar-refractivity contribution in [3.63, 3.8) is 0 Å². The van der Waals surface area contributed by atoms with E-state index in [2.05, 4.69) is 10.3 Å². The minimum Gasteiger partial charge on any atom is -0.493 e. The smallest absolute Gasteiger partial charge is 0.215 e. The number of anilines is 1. The standard InChI is InChI=1S/C11H19N3O3S/c1-9-7-10(11(17-4)8-13-9)12-5-6-18(15,16)14(2)3/h7-8H,5-6H2,1-4H3,(H,12,13). The Labute approximate surface area is 108 Å². The number of nitrogens with one attached hydrogen (secondary N) is 1. The highest BCUT2D eigenvalue weighted by Crippen LogP contribution is 2.23. The summed E-state index contributed by atoms with van der Waals surface area (Å²) in [6.07, 6.45) is 1.61. The Morgan fingerprint density at radius 3 is 2.67 bits per heavy atom. The second-order valence-electron chi connectivity index (χ2n) is 4.05. The van der Waals surface area contributed by atoms with Gasteiger partial charge in [0, 0.05) is 26.3 Å². The lowest BCUT2D eigenvalue weighted by molar-refractivity contribution is 0.414. The number of aryl methyl sites for hydroxylation is 1. The van der Waals surface area contributed by atoms with E-state index in [1.807, 2.05) is 13.0 Å². The fourth-order valence-corrected chi connectivity index (χ4v) is 2.07. The van der Waals surface area contributed by atoms with Crippen LogP contribution in [-0.2, 0) is 10.0 Å². The van der Waals surface area contributed by atoms with Gasteiger partial charge >= 0.3 is 0 Å². The normalized spacial score (nSPS) is 11.6. The molecule has 7 heteroatoms. The first kappa shape index (κ1) is 14.7. The molecule has 0 saturated heterocycles. The number of hydrogen-bond donors (Lipinski definition) is 1. The lowest BCUT2D eigenvalue weighted by Gasteiger charge is -2.14. The van der Waals surface area contributed by atoms with E-state index < -0.39 is 10.0 Å². The molecule has 0 aliphatic heterocycles. The summed E-state index contributed by atoms with van der Waals surface area (Å²) in [6, 6.07) is 1.82. The zero-order chi connectivity index (χ0) is 13.8. The average Bonchev–Trinajstić information content (AvgIpc) is 2.29. The summed E-state index contributed by atoms with van der Waals surface area (Å²) in [7, 11) is 1.41. The topological polar surface area (TPSA) is 71.5 Å². The molecule has 0 aliphatic rings. The molecule has 0 fully saturated rings. The Bertz CT molecular complexity index is 500. The molecule has 102 valence electrons. The number of pyridine rings is 1. The van der Waals surface area contributed by atoms with E-state index in [0.29, 0.717) is 12.3 Å².